The summed E-state index contributed by atoms with van der Waals surface area (Å²) in [6, 6.07) is 12.1. The highest BCUT2D eigenvalue weighted by Gasteiger charge is 2.34. The number of ether oxygens (including phenoxy) is 2. The molecular formula is C30H25BrClN3O7S. The highest BCUT2D eigenvalue weighted by Crippen LogP contribution is 2.36. The molecule has 1 atom stereocenters. The number of nitro groups is 1. The van der Waals surface area contributed by atoms with Crippen LogP contribution >= 0.6 is 38.9 Å². The molecule has 0 bridgehead atoms. The topological polar surface area (TPSA) is 126 Å². The number of nitrogens with zero attached hydrogens (tertiary/aromatic N) is 3. The van der Waals surface area contributed by atoms with Crippen molar-refractivity contribution in [1.29, 1.82) is 0 Å². The predicted molar refractivity (Wildman–Crippen MR) is 166 cm³/mol. The zero-order valence-corrected chi connectivity index (χ0v) is 26.4. The van der Waals surface area contributed by atoms with E-state index in [2.05, 4.69) is 15.9 Å². The maximum atomic E-state index is 14.0. The van der Waals surface area contributed by atoms with Gasteiger partial charge in [-0.25, -0.2) is 9.79 Å². The van der Waals surface area contributed by atoms with E-state index in [9.17, 15) is 19.7 Å². The quantitative estimate of drug-likeness (QED) is 0.117. The molecule has 0 radical (unpaired) electrons. The summed E-state index contributed by atoms with van der Waals surface area (Å²) >= 11 is 10.6. The average Bonchev–Trinajstić information content (AvgIpc) is 3.56. The van der Waals surface area contributed by atoms with Gasteiger partial charge in [-0.15, -0.1) is 0 Å². The van der Waals surface area contributed by atoms with Gasteiger partial charge < -0.3 is 13.9 Å². The lowest BCUT2D eigenvalue weighted by Gasteiger charge is -2.26. The minimum Gasteiger partial charge on any atom is -0.496 e. The summed E-state index contributed by atoms with van der Waals surface area (Å²) in [5.74, 6) is 0.618. The monoisotopic (exact) mass is 685 g/mol. The van der Waals surface area contributed by atoms with Gasteiger partial charge in [0.1, 0.15) is 17.3 Å². The number of methoxy groups -OCH3 is 1. The molecule has 1 aliphatic heterocycles. The third kappa shape index (κ3) is 5.95. The Morgan fingerprint density at radius 1 is 1.23 bits per heavy atom. The summed E-state index contributed by atoms with van der Waals surface area (Å²) < 4.78 is 19.2. The molecule has 222 valence electrons. The highest BCUT2D eigenvalue weighted by atomic mass is 79.9. The number of thiazole rings is 1. The number of fused-ring (bicyclic) bond motifs is 1. The van der Waals surface area contributed by atoms with Gasteiger partial charge in [-0.05, 0) is 71.2 Å². The number of allylic oxidation sites excluding steroid dienone is 1. The van der Waals surface area contributed by atoms with Crippen LogP contribution in [0.15, 0.2) is 78.5 Å². The first-order chi connectivity index (χ1) is 20.7. The summed E-state index contributed by atoms with van der Waals surface area (Å²) in [6.45, 7) is 3.87. The van der Waals surface area contributed by atoms with Crippen molar-refractivity contribution in [2.75, 3.05) is 13.7 Å². The molecule has 2 aromatic heterocycles. The molecule has 0 N–H and O–H groups in total. The summed E-state index contributed by atoms with van der Waals surface area (Å²) in [5, 5.41) is 11.8. The van der Waals surface area contributed by atoms with Crippen LogP contribution in [0.25, 0.3) is 17.4 Å². The summed E-state index contributed by atoms with van der Waals surface area (Å²) in [6.07, 6.45) is 2.79. The third-order valence-corrected chi connectivity index (χ3v) is 8.54. The second-order valence-corrected chi connectivity index (χ2v) is 11.7. The maximum Gasteiger partial charge on any atom is 0.338 e. The van der Waals surface area contributed by atoms with Crippen molar-refractivity contribution in [3.05, 3.63) is 110 Å². The van der Waals surface area contributed by atoms with E-state index in [4.69, 9.17) is 30.5 Å². The largest absolute Gasteiger partial charge is 0.496 e. The van der Waals surface area contributed by atoms with Gasteiger partial charge in [0, 0.05) is 17.2 Å². The van der Waals surface area contributed by atoms with Gasteiger partial charge in [0.2, 0.25) is 0 Å². The van der Waals surface area contributed by atoms with Gasteiger partial charge in [0.15, 0.2) is 4.80 Å². The second kappa shape index (κ2) is 12.7. The number of hydrogen-bond donors (Lipinski definition) is 0. The standard InChI is InChI=1S/C30H25BrClN3O7S/c1-4-6-21-26(29(37)41-5-2)27(16-7-11-24(40-3)20(31)13-16)34-28(36)25(43-30(34)33-21)15-18-9-12-23(42-18)19-10-8-17(32)14-22(19)35(38)39/h7-15,27H,4-6H2,1-3H3/b25-15-. The fraction of sp³-hybridized carbons (Fsp3) is 0.233. The van der Waals surface area contributed by atoms with Crippen molar-refractivity contribution >= 4 is 56.6 Å². The number of furan rings is 1. The lowest BCUT2D eigenvalue weighted by atomic mass is 9.94. The van der Waals surface area contributed by atoms with E-state index in [0.29, 0.717) is 48.6 Å². The van der Waals surface area contributed by atoms with Gasteiger partial charge >= 0.3 is 5.97 Å². The van der Waals surface area contributed by atoms with Crippen LogP contribution in [0, 0.1) is 10.1 Å². The number of aromatic nitrogens is 1. The molecule has 0 saturated heterocycles. The normalized spacial score (nSPS) is 14.8. The first-order valence-electron chi connectivity index (χ1n) is 13.3. The Labute approximate surface area is 262 Å². The number of carbonyl (C=O) groups is 1. The minimum absolute atomic E-state index is 0.164. The van der Waals surface area contributed by atoms with Crippen molar-refractivity contribution in [2.24, 2.45) is 4.99 Å². The van der Waals surface area contributed by atoms with E-state index in [1.165, 1.54) is 22.8 Å². The van der Waals surface area contributed by atoms with Crippen LogP contribution in [0.2, 0.25) is 5.02 Å². The number of nitro benzene ring substituents is 1. The molecule has 0 amide bonds. The van der Waals surface area contributed by atoms with Crippen LogP contribution in [0.5, 0.6) is 5.75 Å². The van der Waals surface area contributed by atoms with E-state index in [1.54, 1.807) is 44.4 Å². The molecule has 1 unspecified atom stereocenters. The fourth-order valence-electron chi connectivity index (χ4n) is 4.86. The number of benzene rings is 2. The number of esters is 1. The molecular weight excluding hydrogens is 662 g/mol. The molecule has 5 rings (SSSR count). The molecule has 4 aromatic rings. The molecule has 0 fully saturated rings. The summed E-state index contributed by atoms with van der Waals surface area (Å²) in [5.41, 5.74) is 1.20. The van der Waals surface area contributed by atoms with Crippen LogP contribution in [0.4, 0.5) is 5.69 Å². The number of hydrogen-bond acceptors (Lipinski definition) is 9. The van der Waals surface area contributed by atoms with Crippen LogP contribution in [-0.2, 0) is 9.53 Å². The Balaban J connectivity index is 1.68. The molecule has 0 aliphatic carbocycles. The fourth-order valence-corrected chi connectivity index (χ4v) is 6.58. The van der Waals surface area contributed by atoms with E-state index in [-0.39, 0.29) is 34.2 Å². The smallest absolute Gasteiger partial charge is 0.338 e. The van der Waals surface area contributed by atoms with Crippen LogP contribution in [-0.4, -0.2) is 29.2 Å². The minimum atomic E-state index is -0.801. The molecule has 10 nitrogen and oxygen atoms in total. The van der Waals surface area contributed by atoms with E-state index in [1.807, 2.05) is 13.0 Å². The molecule has 2 aromatic carbocycles. The van der Waals surface area contributed by atoms with Gasteiger partial charge in [0.25, 0.3) is 11.2 Å². The zero-order chi connectivity index (χ0) is 30.8. The Morgan fingerprint density at radius 3 is 2.70 bits per heavy atom. The molecule has 1 aliphatic rings. The van der Waals surface area contributed by atoms with Crippen molar-refractivity contribution < 1.29 is 23.6 Å². The van der Waals surface area contributed by atoms with Crippen molar-refractivity contribution in [3.8, 4) is 17.1 Å². The molecule has 3 heterocycles. The highest BCUT2D eigenvalue weighted by molar-refractivity contribution is 9.10. The second-order valence-electron chi connectivity index (χ2n) is 9.43. The van der Waals surface area contributed by atoms with Crippen LogP contribution < -0.4 is 19.6 Å². The van der Waals surface area contributed by atoms with E-state index >= 15 is 0 Å². The lowest BCUT2D eigenvalue weighted by molar-refractivity contribution is -0.384. The van der Waals surface area contributed by atoms with Crippen molar-refractivity contribution in [2.45, 2.75) is 32.7 Å². The number of halogens is 2. The SMILES string of the molecule is CCCC1=C(C(=O)OCC)C(c2ccc(OC)c(Br)c2)n2c(s/c(=C\c3ccc(-c4ccc(Cl)cc4[N+](=O)[O-])o3)c2=O)=N1. The summed E-state index contributed by atoms with van der Waals surface area (Å²) in [7, 11) is 1.55. The molecule has 0 spiro atoms. The van der Waals surface area contributed by atoms with Crippen molar-refractivity contribution in [1.82, 2.24) is 4.57 Å². The van der Waals surface area contributed by atoms with Gasteiger partial charge in [-0.3, -0.25) is 19.5 Å². The molecule has 0 saturated carbocycles. The Morgan fingerprint density at radius 2 is 2.02 bits per heavy atom. The molecule has 43 heavy (non-hydrogen) atoms. The number of carbonyl (C=O) groups excluding carboxylic acids is 1. The van der Waals surface area contributed by atoms with Crippen LogP contribution in [0.3, 0.4) is 0 Å². The first kappa shape index (κ1) is 30.5. The van der Waals surface area contributed by atoms with Gasteiger partial charge in [-0.1, -0.05) is 42.3 Å². The van der Waals surface area contributed by atoms with E-state index < -0.39 is 16.9 Å². The first-order valence-corrected chi connectivity index (χ1v) is 15.2. The van der Waals surface area contributed by atoms with Gasteiger partial charge in [-0.2, -0.15) is 0 Å². The van der Waals surface area contributed by atoms with Crippen molar-refractivity contribution in [3.63, 3.8) is 0 Å². The van der Waals surface area contributed by atoms with Gasteiger partial charge in [0.05, 0.1) is 50.5 Å². The number of rotatable bonds is 9. The third-order valence-electron chi connectivity index (χ3n) is 6.71. The van der Waals surface area contributed by atoms with E-state index in [0.717, 1.165) is 17.8 Å². The Hall–Kier alpha value is -4.00. The van der Waals surface area contributed by atoms with Crippen LogP contribution in [0.1, 0.15) is 44.1 Å². The lowest BCUT2D eigenvalue weighted by Crippen LogP contribution is -2.40. The molecule has 13 heteroatoms. The average molecular weight is 687 g/mol. The maximum absolute atomic E-state index is 14.0. The zero-order valence-electron chi connectivity index (χ0n) is 23.3. The Bertz CT molecular complexity index is 1960. The Kier molecular flexibility index (Phi) is 9.00. The predicted octanol–water partition coefficient (Wildman–Crippen LogP) is 6.17. The summed E-state index contributed by atoms with van der Waals surface area (Å²) in [4.78, 5) is 43.6.